The van der Waals surface area contributed by atoms with Crippen molar-refractivity contribution in [2.75, 3.05) is 13.1 Å². The topological polar surface area (TPSA) is 61.9 Å². The molecule has 0 aliphatic carbocycles. The third-order valence-electron chi connectivity index (χ3n) is 3.60. The Morgan fingerprint density at radius 1 is 1.40 bits per heavy atom. The molecule has 1 N–H and O–H groups in total. The number of piperidine rings is 1. The van der Waals surface area contributed by atoms with Gasteiger partial charge in [-0.05, 0) is 47.0 Å². The lowest BCUT2D eigenvalue weighted by Gasteiger charge is -2.32. The molecular formula is C14H15BrN4O. The summed E-state index contributed by atoms with van der Waals surface area (Å²) in [4.78, 5) is 18.6. The molecule has 1 atom stereocenters. The molecule has 0 radical (unpaired) electrons. The zero-order valence-electron chi connectivity index (χ0n) is 10.9. The first-order valence-electron chi connectivity index (χ1n) is 6.65. The largest absolute Gasteiger partial charge is 0.337 e. The Hall–Kier alpha value is -1.69. The predicted octanol–water partition coefficient (Wildman–Crippen LogP) is 2.59. The zero-order valence-corrected chi connectivity index (χ0v) is 12.5. The predicted molar refractivity (Wildman–Crippen MR) is 78.4 cm³/mol. The van der Waals surface area contributed by atoms with Crippen LogP contribution in [0.25, 0.3) is 0 Å². The van der Waals surface area contributed by atoms with Gasteiger partial charge in [0.15, 0.2) is 0 Å². The van der Waals surface area contributed by atoms with Crippen LogP contribution in [-0.4, -0.2) is 39.1 Å². The number of halogens is 1. The number of amides is 1. The van der Waals surface area contributed by atoms with Crippen LogP contribution in [0.4, 0.5) is 0 Å². The molecule has 1 fully saturated rings. The van der Waals surface area contributed by atoms with E-state index in [4.69, 9.17) is 0 Å². The van der Waals surface area contributed by atoms with Crippen LogP contribution >= 0.6 is 15.9 Å². The number of pyridine rings is 1. The van der Waals surface area contributed by atoms with E-state index in [2.05, 4.69) is 31.1 Å². The molecule has 1 aliphatic rings. The summed E-state index contributed by atoms with van der Waals surface area (Å²) in [6.07, 6.45) is 3.84. The quantitative estimate of drug-likeness (QED) is 0.858. The fourth-order valence-corrected chi connectivity index (χ4v) is 2.94. The van der Waals surface area contributed by atoms with E-state index in [0.717, 1.165) is 31.6 Å². The van der Waals surface area contributed by atoms with E-state index in [1.807, 2.05) is 23.1 Å². The average molecular weight is 335 g/mol. The molecule has 2 aromatic rings. The van der Waals surface area contributed by atoms with Crippen molar-refractivity contribution in [1.29, 1.82) is 0 Å². The van der Waals surface area contributed by atoms with Gasteiger partial charge in [0.05, 0.1) is 0 Å². The van der Waals surface area contributed by atoms with Crippen molar-refractivity contribution < 1.29 is 4.79 Å². The smallest absolute Gasteiger partial charge is 0.272 e. The van der Waals surface area contributed by atoms with Gasteiger partial charge in [0.2, 0.25) is 0 Å². The summed E-state index contributed by atoms with van der Waals surface area (Å²) in [7, 11) is 0. The number of carbonyl (C=O) groups is 1. The second-order valence-corrected chi connectivity index (χ2v) is 5.76. The molecule has 6 heteroatoms. The highest BCUT2D eigenvalue weighted by molar-refractivity contribution is 9.10. The summed E-state index contributed by atoms with van der Waals surface area (Å²) in [6, 6.07) is 7.39. The molecule has 3 rings (SSSR count). The molecule has 1 amide bonds. The van der Waals surface area contributed by atoms with Gasteiger partial charge in [0.25, 0.3) is 5.91 Å². The number of likely N-dealkylation sites (tertiary alicyclic amines) is 1. The van der Waals surface area contributed by atoms with Crippen molar-refractivity contribution in [1.82, 2.24) is 20.1 Å². The Morgan fingerprint density at radius 3 is 3.05 bits per heavy atom. The Kier molecular flexibility index (Phi) is 3.82. The van der Waals surface area contributed by atoms with Crippen LogP contribution in [0.1, 0.15) is 34.9 Å². The highest BCUT2D eigenvalue weighted by Gasteiger charge is 2.26. The first-order valence-corrected chi connectivity index (χ1v) is 7.44. The van der Waals surface area contributed by atoms with Gasteiger partial charge in [-0.25, -0.2) is 4.98 Å². The van der Waals surface area contributed by atoms with Crippen molar-refractivity contribution in [2.45, 2.75) is 18.8 Å². The van der Waals surface area contributed by atoms with Crippen LogP contribution in [0.3, 0.4) is 0 Å². The monoisotopic (exact) mass is 334 g/mol. The lowest BCUT2D eigenvalue weighted by Crippen LogP contribution is -2.39. The first kappa shape index (κ1) is 13.3. The Balaban J connectivity index is 1.75. The van der Waals surface area contributed by atoms with Crippen molar-refractivity contribution >= 4 is 21.8 Å². The molecular weight excluding hydrogens is 320 g/mol. The van der Waals surface area contributed by atoms with Crippen LogP contribution < -0.4 is 0 Å². The molecule has 0 saturated carbocycles. The summed E-state index contributed by atoms with van der Waals surface area (Å²) in [5, 5.41) is 6.99. The van der Waals surface area contributed by atoms with E-state index in [1.165, 1.54) is 0 Å². The number of H-pyrrole nitrogens is 1. The molecule has 5 nitrogen and oxygen atoms in total. The van der Waals surface area contributed by atoms with E-state index in [0.29, 0.717) is 16.2 Å². The molecule has 104 valence electrons. The average Bonchev–Trinajstić information content (AvgIpc) is 3.01. The minimum absolute atomic E-state index is 0.00415. The molecule has 2 aromatic heterocycles. The number of nitrogens with zero attached hydrogens (tertiary/aromatic N) is 3. The third kappa shape index (κ3) is 2.75. The highest BCUT2D eigenvalue weighted by atomic mass is 79.9. The maximum absolute atomic E-state index is 12.5. The van der Waals surface area contributed by atoms with Crippen molar-refractivity contribution in [3.8, 4) is 0 Å². The summed E-state index contributed by atoms with van der Waals surface area (Å²) in [5.41, 5.74) is 1.59. The fourth-order valence-electron chi connectivity index (χ4n) is 2.60. The third-order valence-corrected chi connectivity index (χ3v) is 4.05. The van der Waals surface area contributed by atoms with E-state index in [-0.39, 0.29) is 5.91 Å². The number of aromatic amines is 1. The van der Waals surface area contributed by atoms with Crippen molar-refractivity contribution in [3.63, 3.8) is 0 Å². The number of aromatic nitrogens is 3. The minimum atomic E-state index is -0.00415. The normalized spacial score (nSPS) is 19.1. The van der Waals surface area contributed by atoms with Gasteiger partial charge >= 0.3 is 0 Å². The van der Waals surface area contributed by atoms with E-state index in [9.17, 15) is 4.79 Å². The maximum atomic E-state index is 12.5. The lowest BCUT2D eigenvalue weighted by atomic mass is 9.95. The second kappa shape index (κ2) is 5.75. The van der Waals surface area contributed by atoms with Gasteiger partial charge in [-0.2, -0.15) is 5.10 Å². The number of nitrogens with one attached hydrogen (secondary N) is 1. The second-order valence-electron chi connectivity index (χ2n) is 4.95. The van der Waals surface area contributed by atoms with Crippen LogP contribution in [0, 0.1) is 0 Å². The van der Waals surface area contributed by atoms with Gasteiger partial charge in [-0.3, -0.25) is 9.89 Å². The molecule has 0 spiro atoms. The van der Waals surface area contributed by atoms with E-state index < -0.39 is 0 Å². The number of carbonyl (C=O) groups excluding carboxylic acids is 1. The maximum Gasteiger partial charge on any atom is 0.272 e. The molecule has 0 aromatic carbocycles. The van der Waals surface area contributed by atoms with E-state index in [1.54, 1.807) is 12.3 Å². The summed E-state index contributed by atoms with van der Waals surface area (Å²) >= 11 is 3.30. The van der Waals surface area contributed by atoms with Gasteiger partial charge in [0.1, 0.15) is 10.3 Å². The fraction of sp³-hybridized carbons (Fsp3) is 0.357. The van der Waals surface area contributed by atoms with Gasteiger partial charge in [-0.15, -0.1) is 0 Å². The molecule has 3 heterocycles. The van der Waals surface area contributed by atoms with Crippen molar-refractivity contribution in [3.05, 3.63) is 46.5 Å². The molecule has 1 saturated heterocycles. The minimum Gasteiger partial charge on any atom is -0.337 e. The van der Waals surface area contributed by atoms with Crippen LogP contribution in [0.5, 0.6) is 0 Å². The highest BCUT2D eigenvalue weighted by Crippen LogP contribution is 2.26. The first-order chi connectivity index (χ1) is 9.74. The molecule has 0 bridgehead atoms. The zero-order chi connectivity index (χ0) is 13.9. The summed E-state index contributed by atoms with van der Waals surface area (Å²) in [5.74, 6) is 0.331. The summed E-state index contributed by atoms with van der Waals surface area (Å²) < 4.78 is 0.686. The SMILES string of the molecule is O=C(c1cccc(Br)n1)N1CCCC(c2ccn[nH]2)C1. The van der Waals surface area contributed by atoms with Gasteiger partial charge < -0.3 is 4.90 Å². The number of rotatable bonds is 2. The standard InChI is InChI=1S/C14H15BrN4O/c15-13-5-1-4-12(17-13)14(20)19-8-2-3-10(9-19)11-6-7-16-18-11/h1,4-7,10H,2-3,8-9H2,(H,16,18). The molecule has 1 unspecified atom stereocenters. The lowest BCUT2D eigenvalue weighted by molar-refractivity contribution is 0.0699. The van der Waals surface area contributed by atoms with Gasteiger partial charge in [0, 0.05) is 30.9 Å². The number of hydrogen-bond donors (Lipinski definition) is 1. The van der Waals surface area contributed by atoms with E-state index >= 15 is 0 Å². The summed E-state index contributed by atoms with van der Waals surface area (Å²) in [6.45, 7) is 1.51. The van der Waals surface area contributed by atoms with Crippen LogP contribution in [0.15, 0.2) is 35.1 Å². The Morgan fingerprint density at radius 2 is 2.30 bits per heavy atom. The number of hydrogen-bond acceptors (Lipinski definition) is 3. The Labute approximate surface area is 125 Å². The van der Waals surface area contributed by atoms with Gasteiger partial charge in [-0.1, -0.05) is 6.07 Å². The molecule has 1 aliphatic heterocycles. The Bertz CT molecular complexity index is 599. The molecule has 20 heavy (non-hydrogen) atoms. The van der Waals surface area contributed by atoms with Crippen molar-refractivity contribution in [2.24, 2.45) is 0 Å². The van der Waals surface area contributed by atoms with Crippen LogP contribution in [-0.2, 0) is 0 Å². The van der Waals surface area contributed by atoms with Crippen LogP contribution in [0.2, 0.25) is 0 Å².